The molecule has 0 saturated carbocycles. The highest BCUT2D eigenvalue weighted by atomic mass is 32.1. The van der Waals surface area contributed by atoms with Crippen LogP contribution in [0.2, 0.25) is 0 Å². The highest BCUT2D eigenvalue weighted by molar-refractivity contribution is 7.80. The second-order valence-electron chi connectivity index (χ2n) is 9.53. The molecule has 3 amide bonds. The van der Waals surface area contributed by atoms with Gasteiger partial charge >= 0.3 is 12.1 Å². The van der Waals surface area contributed by atoms with E-state index in [9.17, 15) is 19.2 Å². The van der Waals surface area contributed by atoms with E-state index in [0.29, 0.717) is 12.0 Å². The van der Waals surface area contributed by atoms with Gasteiger partial charge in [-0.25, -0.2) is 4.79 Å². The van der Waals surface area contributed by atoms with Crippen molar-refractivity contribution in [2.75, 3.05) is 26.0 Å². The maximum absolute atomic E-state index is 13.8. The Morgan fingerprint density at radius 3 is 2.31 bits per heavy atom. The Kier molecular flexibility index (Phi) is 13.4. The number of benzene rings is 1. The van der Waals surface area contributed by atoms with Crippen LogP contribution in [0, 0.1) is 6.92 Å². The number of unbranched alkanes of at least 4 members (excludes halogenated alkanes) is 3. The topological polar surface area (TPSA) is 114 Å². The van der Waals surface area contributed by atoms with Crippen LogP contribution < -0.4 is 10.6 Å². The predicted octanol–water partition coefficient (Wildman–Crippen LogP) is 3.56. The second kappa shape index (κ2) is 15.4. The minimum atomic E-state index is -1.02. The fraction of sp³-hybridized carbons (Fsp3) is 0.615. The lowest BCUT2D eigenvalue weighted by Gasteiger charge is -2.34. The van der Waals surface area contributed by atoms with Crippen molar-refractivity contribution in [2.24, 2.45) is 0 Å². The zero-order valence-electron chi connectivity index (χ0n) is 22.3. The fourth-order valence-electron chi connectivity index (χ4n) is 3.58. The fourth-order valence-corrected chi connectivity index (χ4v) is 3.83. The molecule has 0 bridgehead atoms. The maximum atomic E-state index is 13.8. The summed E-state index contributed by atoms with van der Waals surface area (Å²) in [6.07, 6.45) is 2.78. The number of methoxy groups -OCH3 is 1. The molecular formula is C26H41N3O6S. The molecular weight excluding hydrogens is 482 g/mol. The predicted molar refractivity (Wildman–Crippen MR) is 142 cm³/mol. The van der Waals surface area contributed by atoms with E-state index in [1.54, 1.807) is 32.9 Å². The van der Waals surface area contributed by atoms with Gasteiger partial charge in [-0.2, -0.15) is 12.6 Å². The lowest BCUT2D eigenvalue weighted by Crippen LogP contribution is -2.54. The minimum Gasteiger partial charge on any atom is -0.468 e. The number of esters is 1. The molecule has 0 heterocycles. The number of carbonyl (C=O) groups is 4. The summed E-state index contributed by atoms with van der Waals surface area (Å²) >= 11 is 4.29. The van der Waals surface area contributed by atoms with Crippen molar-refractivity contribution in [3.63, 3.8) is 0 Å². The number of nitrogens with zero attached hydrogens (tertiary/aromatic N) is 1. The van der Waals surface area contributed by atoms with Gasteiger partial charge in [0, 0.05) is 12.3 Å². The number of aryl methyl sites for hydroxylation is 1. The third-order valence-corrected chi connectivity index (χ3v) is 5.75. The first-order valence-electron chi connectivity index (χ1n) is 12.3. The van der Waals surface area contributed by atoms with Gasteiger partial charge < -0.3 is 25.0 Å². The van der Waals surface area contributed by atoms with Crippen LogP contribution in [0.15, 0.2) is 24.3 Å². The molecule has 0 aliphatic carbocycles. The first-order chi connectivity index (χ1) is 16.9. The Morgan fingerprint density at radius 2 is 1.75 bits per heavy atom. The van der Waals surface area contributed by atoms with E-state index in [-0.39, 0.29) is 18.8 Å². The molecule has 0 saturated heterocycles. The summed E-state index contributed by atoms with van der Waals surface area (Å²) in [6.45, 7) is 9.06. The van der Waals surface area contributed by atoms with E-state index < -0.39 is 41.6 Å². The number of hydrogen-bond acceptors (Lipinski definition) is 7. The van der Waals surface area contributed by atoms with Crippen LogP contribution in [0.3, 0.4) is 0 Å². The van der Waals surface area contributed by atoms with Crippen molar-refractivity contribution in [2.45, 2.75) is 78.0 Å². The molecule has 0 radical (unpaired) electrons. The molecule has 2 unspecified atom stereocenters. The van der Waals surface area contributed by atoms with Gasteiger partial charge in [0.25, 0.3) is 0 Å². The summed E-state index contributed by atoms with van der Waals surface area (Å²) in [4.78, 5) is 52.8. The molecule has 1 aromatic rings. The van der Waals surface area contributed by atoms with Crippen LogP contribution in [0.1, 0.15) is 70.5 Å². The molecule has 0 spiro atoms. The number of hydrogen-bond donors (Lipinski definition) is 3. The third kappa shape index (κ3) is 10.5. The van der Waals surface area contributed by atoms with Crippen molar-refractivity contribution in [3.05, 3.63) is 35.4 Å². The lowest BCUT2D eigenvalue weighted by atomic mass is 9.97. The average molecular weight is 524 g/mol. The molecule has 0 aliphatic heterocycles. The highest BCUT2D eigenvalue weighted by Gasteiger charge is 2.36. The number of alkyl carbamates (subject to hydrolysis) is 1. The van der Waals surface area contributed by atoms with E-state index >= 15 is 0 Å². The SMILES string of the molecule is CCCCCCN(C(=O)C(CS)NC(=O)OC(C)(C)C)C(C(=O)NCC(=O)OC)c1ccccc1C. The molecule has 2 atom stereocenters. The number of thiol groups is 1. The van der Waals surface area contributed by atoms with Gasteiger partial charge in [-0.15, -0.1) is 0 Å². The number of amides is 3. The van der Waals surface area contributed by atoms with Gasteiger partial charge in [-0.1, -0.05) is 50.5 Å². The summed E-state index contributed by atoms with van der Waals surface area (Å²) in [5.74, 6) is -1.58. The molecule has 36 heavy (non-hydrogen) atoms. The highest BCUT2D eigenvalue weighted by Crippen LogP contribution is 2.26. The van der Waals surface area contributed by atoms with Gasteiger partial charge in [0.1, 0.15) is 24.2 Å². The molecule has 2 N–H and O–H groups in total. The molecule has 10 heteroatoms. The summed E-state index contributed by atoms with van der Waals surface area (Å²) in [6, 6.07) is 5.22. The molecule has 9 nitrogen and oxygen atoms in total. The average Bonchev–Trinajstić information content (AvgIpc) is 2.82. The van der Waals surface area contributed by atoms with Crippen LogP contribution in [-0.2, 0) is 23.9 Å². The quantitative estimate of drug-likeness (QED) is 0.207. The van der Waals surface area contributed by atoms with E-state index in [2.05, 4.69) is 34.9 Å². The van der Waals surface area contributed by atoms with Gasteiger partial charge in [-0.3, -0.25) is 14.4 Å². The minimum absolute atomic E-state index is 0.00775. The van der Waals surface area contributed by atoms with Crippen LogP contribution in [0.25, 0.3) is 0 Å². The van der Waals surface area contributed by atoms with Crippen LogP contribution >= 0.6 is 12.6 Å². The van der Waals surface area contributed by atoms with Crippen LogP contribution in [0.4, 0.5) is 4.79 Å². The number of rotatable bonds is 13. The molecule has 0 aliphatic rings. The number of carbonyl (C=O) groups excluding carboxylic acids is 4. The normalized spacial score (nSPS) is 12.8. The lowest BCUT2D eigenvalue weighted by molar-refractivity contribution is -0.144. The standard InChI is InChI=1S/C26H41N3O6S/c1-7-8-9-12-15-29(24(32)20(17-36)28-25(33)35-26(3,4)5)22(19-14-11-10-13-18(19)2)23(31)27-16-21(30)34-6/h10-11,13-14,20,22,36H,7-9,12,15-17H2,1-6H3,(H,27,31)(H,28,33). The molecule has 1 aromatic carbocycles. The van der Waals surface area contributed by atoms with Gasteiger partial charge in [0.15, 0.2) is 0 Å². The van der Waals surface area contributed by atoms with Crippen molar-refractivity contribution in [3.8, 4) is 0 Å². The molecule has 202 valence electrons. The smallest absolute Gasteiger partial charge is 0.408 e. The monoisotopic (exact) mass is 523 g/mol. The Hall–Kier alpha value is -2.75. The van der Waals surface area contributed by atoms with Crippen molar-refractivity contribution in [1.29, 1.82) is 0 Å². The van der Waals surface area contributed by atoms with Crippen LogP contribution in [-0.4, -0.2) is 66.4 Å². The molecule has 0 aromatic heterocycles. The Morgan fingerprint density at radius 1 is 1.08 bits per heavy atom. The van der Waals surface area contributed by atoms with Gasteiger partial charge in [0.05, 0.1) is 7.11 Å². The first-order valence-corrected chi connectivity index (χ1v) is 12.9. The molecule has 0 fully saturated rings. The van der Waals surface area contributed by atoms with Crippen molar-refractivity contribution in [1.82, 2.24) is 15.5 Å². The Balaban J connectivity index is 3.38. The van der Waals surface area contributed by atoms with E-state index in [4.69, 9.17) is 4.74 Å². The van der Waals surface area contributed by atoms with E-state index in [1.165, 1.54) is 12.0 Å². The van der Waals surface area contributed by atoms with E-state index in [0.717, 1.165) is 24.8 Å². The summed E-state index contributed by atoms with van der Waals surface area (Å²) in [5.41, 5.74) is 0.689. The molecule has 1 rings (SSSR count). The summed E-state index contributed by atoms with van der Waals surface area (Å²) in [5, 5.41) is 5.18. The Bertz CT molecular complexity index is 887. The summed E-state index contributed by atoms with van der Waals surface area (Å²) in [7, 11) is 1.23. The van der Waals surface area contributed by atoms with Gasteiger partial charge in [0.2, 0.25) is 11.8 Å². The largest absolute Gasteiger partial charge is 0.468 e. The van der Waals surface area contributed by atoms with Gasteiger partial charge in [-0.05, 0) is 45.2 Å². The number of ether oxygens (including phenoxy) is 2. The van der Waals surface area contributed by atoms with Crippen molar-refractivity contribution >= 4 is 36.5 Å². The summed E-state index contributed by atoms with van der Waals surface area (Å²) < 4.78 is 9.96. The van der Waals surface area contributed by atoms with E-state index in [1.807, 2.05) is 19.1 Å². The third-order valence-electron chi connectivity index (χ3n) is 5.38. The second-order valence-corrected chi connectivity index (χ2v) is 9.89. The van der Waals surface area contributed by atoms with Crippen molar-refractivity contribution < 1.29 is 28.7 Å². The number of nitrogens with one attached hydrogen (secondary N) is 2. The Labute approximate surface area is 220 Å². The maximum Gasteiger partial charge on any atom is 0.408 e. The van der Waals surface area contributed by atoms with Crippen LogP contribution in [0.5, 0.6) is 0 Å². The zero-order chi connectivity index (χ0) is 27.3. The first kappa shape index (κ1) is 31.3. The zero-order valence-corrected chi connectivity index (χ0v) is 23.2.